The van der Waals surface area contributed by atoms with E-state index in [0.717, 1.165) is 24.6 Å². The molecule has 2 aromatic carbocycles. The maximum atomic E-state index is 15.1. The molecule has 238 valence electrons. The van der Waals surface area contributed by atoms with E-state index in [1.807, 2.05) is 6.92 Å². The van der Waals surface area contributed by atoms with Crippen molar-refractivity contribution in [2.75, 3.05) is 5.32 Å². The minimum atomic E-state index is -1.38. The minimum absolute atomic E-state index is 0.0541. The highest BCUT2D eigenvalue weighted by Crippen LogP contribution is 2.30. The van der Waals surface area contributed by atoms with Gasteiger partial charge in [-0.25, -0.2) is 14.2 Å². The van der Waals surface area contributed by atoms with Gasteiger partial charge in [-0.1, -0.05) is 25.5 Å². The molecule has 0 aliphatic heterocycles. The second-order valence-corrected chi connectivity index (χ2v) is 11.7. The number of anilines is 1. The molecule has 2 aromatic heterocycles. The molecule has 0 fully saturated rings. The first-order chi connectivity index (χ1) is 21.2. The third-order valence-corrected chi connectivity index (χ3v) is 7.05. The molecule has 13 nitrogen and oxygen atoms in total. The van der Waals surface area contributed by atoms with E-state index in [1.165, 1.54) is 16.1 Å². The fourth-order valence-corrected chi connectivity index (χ4v) is 4.74. The Labute approximate surface area is 257 Å². The number of imidazole rings is 1. The van der Waals surface area contributed by atoms with Gasteiger partial charge in [0.1, 0.15) is 11.6 Å². The van der Waals surface area contributed by atoms with E-state index >= 15 is 4.39 Å². The van der Waals surface area contributed by atoms with Gasteiger partial charge in [0.2, 0.25) is 5.91 Å². The molecule has 0 bridgehead atoms. The molecule has 0 radical (unpaired) electrons. The predicted octanol–water partition coefficient (Wildman–Crippen LogP) is 4.61. The Morgan fingerprint density at radius 2 is 1.84 bits per heavy atom. The largest absolute Gasteiger partial charge is 0.440 e. The lowest BCUT2D eigenvalue weighted by atomic mass is 9.97. The summed E-state index contributed by atoms with van der Waals surface area (Å²) < 4.78 is 23.7. The van der Waals surface area contributed by atoms with Crippen molar-refractivity contribution in [3.05, 3.63) is 96.2 Å². The number of unbranched alkanes of at least 4 members (excludes halogenated alkanes) is 1. The first-order valence-electron chi connectivity index (χ1n) is 14.4. The van der Waals surface area contributed by atoms with Crippen molar-refractivity contribution in [3.8, 4) is 0 Å². The summed E-state index contributed by atoms with van der Waals surface area (Å²) in [6.45, 7) is 8.45. The van der Waals surface area contributed by atoms with Gasteiger partial charge in [0.15, 0.2) is 17.4 Å². The van der Waals surface area contributed by atoms with Gasteiger partial charge in [0, 0.05) is 49.7 Å². The molecule has 14 heteroatoms. The van der Waals surface area contributed by atoms with Gasteiger partial charge in [-0.05, 0) is 51.0 Å². The van der Waals surface area contributed by atoms with Crippen LogP contribution in [0.15, 0.2) is 52.1 Å². The van der Waals surface area contributed by atoms with Crippen LogP contribution < -0.4 is 16.6 Å². The van der Waals surface area contributed by atoms with Gasteiger partial charge < -0.3 is 10.1 Å². The van der Waals surface area contributed by atoms with Gasteiger partial charge in [-0.15, -0.1) is 0 Å². The van der Waals surface area contributed by atoms with E-state index in [2.05, 4.69) is 10.3 Å². The molecule has 45 heavy (non-hydrogen) atoms. The number of nitro groups is 1. The summed E-state index contributed by atoms with van der Waals surface area (Å²) >= 11 is 0. The van der Waals surface area contributed by atoms with Gasteiger partial charge in [0.25, 0.3) is 11.2 Å². The molecule has 0 aliphatic rings. The number of aromatic nitrogens is 4. The Kier molecular flexibility index (Phi) is 9.64. The summed E-state index contributed by atoms with van der Waals surface area (Å²) in [6, 6.07) is 9.87. The second kappa shape index (κ2) is 13.2. The third kappa shape index (κ3) is 7.51. The van der Waals surface area contributed by atoms with E-state index < -0.39 is 39.6 Å². The molecule has 0 aliphatic carbocycles. The number of benzene rings is 2. The number of nitrogens with one attached hydrogen (secondary N) is 2. The highest BCUT2D eigenvalue weighted by atomic mass is 19.1. The summed E-state index contributed by atoms with van der Waals surface area (Å²) in [4.78, 5) is 68.9. The molecule has 4 rings (SSSR count). The van der Waals surface area contributed by atoms with Crippen LogP contribution in [0.3, 0.4) is 0 Å². The van der Waals surface area contributed by atoms with Crippen molar-refractivity contribution >= 4 is 34.4 Å². The number of aryl methyl sites for hydroxylation is 1. The zero-order valence-electron chi connectivity index (χ0n) is 25.7. The number of nitro benzene ring substituents is 1. The molecular weight excluding hydrogens is 587 g/mol. The molecule has 0 spiro atoms. The Balaban J connectivity index is 1.97. The number of halogens is 1. The fraction of sp³-hybridized carbons (Fsp3) is 0.387. The van der Waals surface area contributed by atoms with E-state index in [-0.39, 0.29) is 53.5 Å². The number of non-ortho nitro benzene ring substituents is 1. The van der Waals surface area contributed by atoms with Gasteiger partial charge in [-0.3, -0.25) is 38.6 Å². The van der Waals surface area contributed by atoms with Crippen molar-refractivity contribution < 1.29 is 23.6 Å². The number of ether oxygens (including phenoxy) is 1. The maximum absolute atomic E-state index is 15.1. The number of amides is 1. The Morgan fingerprint density at radius 1 is 1.16 bits per heavy atom. The summed E-state index contributed by atoms with van der Waals surface area (Å²) in [7, 11) is 0. The number of aromatic amines is 1. The molecule has 1 atom stereocenters. The monoisotopic (exact) mass is 622 g/mol. The van der Waals surface area contributed by atoms with Gasteiger partial charge in [-0.2, -0.15) is 0 Å². The number of hydrogen-bond acceptors (Lipinski definition) is 8. The SMILES string of the molecule is CCCCn1c(=O)[nH]c(=O)c2c1nc(Cc1ccc(NC(C)=O)cc1)n2C(Cc1cc([N+](=O)[O-])ccc1F)OC(=O)C(C)(C)C. The first-order valence-corrected chi connectivity index (χ1v) is 14.4. The lowest BCUT2D eigenvalue weighted by molar-refractivity contribution is -0.385. The van der Waals surface area contributed by atoms with Crippen LogP contribution in [0.2, 0.25) is 0 Å². The highest BCUT2D eigenvalue weighted by Gasteiger charge is 2.32. The molecule has 1 unspecified atom stereocenters. The average molecular weight is 623 g/mol. The second-order valence-electron chi connectivity index (χ2n) is 11.7. The molecule has 4 aromatic rings. The van der Waals surface area contributed by atoms with E-state index in [1.54, 1.807) is 45.0 Å². The fourth-order valence-electron chi connectivity index (χ4n) is 4.74. The average Bonchev–Trinajstić information content (AvgIpc) is 3.33. The number of H-pyrrole nitrogens is 1. The van der Waals surface area contributed by atoms with Crippen LogP contribution in [-0.2, 0) is 33.7 Å². The lowest BCUT2D eigenvalue weighted by Gasteiger charge is -2.26. The van der Waals surface area contributed by atoms with Crippen molar-refractivity contribution in [1.82, 2.24) is 19.1 Å². The maximum Gasteiger partial charge on any atom is 0.330 e. The summed E-state index contributed by atoms with van der Waals surface area (Å²) in [5, 5.41) is 14.2. The van der Waals surface area contributed by atoms with Crippen molar-refractivity contribution in [2.45, 2.75) is 73.1 Å². The highest BCUT2D eigenvalue weighted by molar-refractivity contribution is 5.88. The Bertz CT molecular complexity index is 1870. The normalized spacial score (nSPS) is 12.2. The van der Waals surface area contributed by atoms with Crippen LogP contribution in [0.1, 0.15) is 70.6 Å². The van der Waals surface area contributed by atoms with Crippen molar-refractivity contribution in [2.24, 2.45) is 5.41 Å². The summed E-state index contributed by atoms with van der Waals surface area (Å²) in [5.74, 6) is -1.48. The number of nitrogens with zero attached hydrogens (tertiary/aromatic N) is 4. The van der Waals surface area contributed by atoms with Crippen molar-refractivity contribution in [3.63, 3.8) is 0 Å². The van der Waals surface area contributed by atoms with Crippen molar-refractivity contribution in [1.29, 1.82) is 0 Å². The van der Waals surface area contributed by atoms with Gasteiger partial charge in [0.05, 0.1) is 10.3 Å². The molecular formula is C31H35FN6O7. The van der Waals surface area contributed by atoms with E-state index in [9.17, 15) is 29.3 Å². The number of rotatable bonds is 11. The number of hydrogen-bond donors (Lipinski definition) is 2. The smallest absolute Gasteiger partial charge is 0.330 e. The quantitative estimate of drug-likeness (QED) is 0.139. The van der Waals surface area contributed by atoms with E-state index in [0.29, 0.717) is 17.7 Å². The Hall–Kier alpha value is -5.14. The molecule has 0 saturated carbocycles. The standard InChI is InChI=1S/C31H35FN6O7/c1-6-7-14-36-27-26(28(40)35-30(36)42)37(24(34-27)15-19-8-10-21(11-9-19)33-18(2)39)25(45-29(41)31(3,4)5)17-20-16-22(38(43)44)12-13-23(20)32/h8-13,16,25H,6-7,14-15,17H2,1-5H3,(H,33,39)(H,35,40,42). The van der Waals surface area contributed by atoms with Crippen LogP contribution in [0, 0.1) is 21.3 Å². The third-order valence-electron chi connectivity index (χ3n) is 7.05. The van der Waals surface area contributed by atoms with Crippen LogP contribution in [-0.4, -0.2) is 35.9 Å². The topological polar surface area (TPSA) is 171 Å². The first kappa shape index (κ1) is 32.8. The van der Waals surface area contributed by atoms with Crippen LogP contribution in [0.4, 0.5) is 15.8 Å². The molecule has 0 saturated heterocycles. The summed E-state index contributed by atoms with van der Waals surface area (Å²) in [5.41, 5.74) is -1.72. The van der Waals surface area contributed by atoms with E-state index in [4.69, 9.17) is 9.72 Å². The predicted molar refractivity (Wildman–Crippen MR) is 164 cm³/mol. The lowest BCUT2D eigenvalue weighted by Crippen LogP contribution is -2.33. The number of fused-ring (bicyclic) bond motifs is 1. The number of esters is 1. The number of carbonyl (C=O) groups excluding carboxylic acids is 2. The molecule has 2 heterocycles. The van der Waals surface area contributed by atoms with Crippen LogP contribution in [0.5, 0.6) is 0 Å². The molecule has 1 amide bonds. The zero-order valence-corrected chi connectivity index (χ0v) is 25.7. The Morgan fingerprint density at radius 3 is 2.44 bits per heavy atom. The molecule has 2 N–H and O–H groups in total. The minimum Gasteiger partial charge on any atom is -0.440 e. The van der Waals surface area contributed by atoms with Gasteiger partial charge >= 0.3 is 11.7 Å². The number of carbonyl (C=O) groups is 2. The van der Waals surface area contributed by atoms with Crippen LogP contribution in [0.25, 0.3) is 11.2 Å². The zero-order chi connectivity index (χ0) is 33.1. The summed E-state index contributed by atoms with van der Waals surface area (Å²) in [6.07, 6.45) is -0.334. The van der Waals surface area contributed by atoms with Crippen LogP contribution >= 0.6 is 0 Å².